The van der Waals surface area contributed by atoms with E-state index in [4.69, 9.17) is 11.6 Å². The summed E-state index contributed by atoms with van der Waals surface area (Å²) in [6, 6.07) is 3.43. The lowest BCUT2D eigenvalue weighted by atomic mass is 10.0. The second-order valence-electron chi connectivity index (χ2n) is 6.16. The molecule has 1 heterocycles. The number of rotatable bonds is 6. The summed E-state index contributed by atoms with van der Waals surface area (Å²) in [5.41, 5.74) is 0.0922. The lowest BCUT2D eigenvalue weighted by molar-refractivity contribution is -0.0498. The highest BCUT2D eigenvalue weighted by Crippen LogP contribution is 2.41. The first-order chi connectivity index (χ1) is 12.2. The zero-order valence-corrected chi connectivity index (χ0v) is 16.2. The minimum absolute atomic E-state index is 0.108. The maximum absolute atomic E-state index is 12.9. The Morgan fingerprint density at radius 3 is 2.58 bits per heavy atom. The number of thiazole rings is 1. The Morgan fingerprint density at radius 2 is 2.04 bits per heavy atom. The average Bonchev–Trinajstić information content (AvgIpc) is 3.18. The lowest BCUT2D eigenvalue weighted by Gasteiger charge is -2.28. The first-order valence-corrected chi connectivity index (χ1v) is 10.7. The van der Waals surface area contributed by atoms with Crippen LogP contribution in [0.1, 0.15) is 36.4 Å². The van der Waals surface area contributed by atoms with E-state index in [0.717, 1.165) is 35.7 Å². The van der Waals surface area contributed by atoms with Gasteiger partial charge in [-0.05, 0) is 38.0 Å². The van der Waals surface area contributed by atoms with Gasteiger partial charge in [-0.15, -0.1) is 11.3 Å². The van der Waals surface area contributed by atoms with Gasteiger partial charge in [-0.25, -0.2) is 13.4 Å². The number of aromatic nitrogens is 1. The summed E-state index contributed by atoms with van der Waals surface area (Å²) in [4.78, 5) is 4.36. The van der Waals surface area contributed by atoms with E-state index >= 15 is 0 Å². The minimum atomic E-state index is -3.92. The Morgan fingerprint density at radius 1 is 1.35 bits per heavy atom. The molecule has 0 saturated heterocycles. The molecule has 0 aliphatic heterocycles. The molecule has 5 nitrogen and oxygen atoms in total. The van der Waals surface area contributed by atoms with Gasteiger partial charge in [0.25, 0.3) is 0 Å². The van der Waals surface area contributed by atoms with E-state index in [2.05, 4.69) is 14.4 Å². The second-order valence-corrected chi connectivity index (χ2v) is 9.11. The van der Waals surface area contributed by atoms with Gasteiger partial charge in [-0.3, -0.25) is 0 Å². The van der Waals surface area contributed by atoms with Gasteiger partial charge < -0.3 is 4.74 Å². The summed E-state index contributed by atoms with van der Waals surface area (Å²) < 4.78 is 57.4. The molecule has 1 aromatic heterocycles. The third kappa shape index (κ3) is 4.00. The number of nitrogens with one attached hydrogen (secondary N) is 1. The fraction of sp³-hybridized carbons (Fsp3) is 0.438. The molecular weight excluding hydrogens is 406 g/mol. The molecule has 0 spiro atoms. The van der Waals surface area contributed by atoms with E-state index in [1.54, 1.807) is 0 Å². The van der Waals surface area contributed by atoms with Gasteiger partial charge in [0, 0.05) is 11.1 Å². The number of alkyl halides is 2. The number of nitrogens with zero attached hydrogens (tertiary/aromatic N) is 1. The number of halogens is 3. The molecule has 0 atom stereocenters. The van der Waals surface area contributed by atoms with Crippen molar-refractivity contribution >= 4 is 33.0 Å². The van der Waals surface area contributed by atoms with Crippen molar-refractivity contribution in [1.82, 2.24) is 9.71 Å². The molecular formula is C16H17ClF2N2O3S2. The van der Waals surface area contributed by atoms with Gasteiger partial charge in [0.05, 0.1) is 15.5 Å². The van der Waals surface area contributed by atoms with Gasteiger partial charge in [0.1, 0.15) is 10.8 Å². The normalized spacial score (nSPS) is 17.0. The SMILES string of the molecule is Cc1csc(C2(NS(=O)(=O)c3ccc(OC(F)F)c(Cl)c3)CCCC2)n1. The highest BCUT2D eigenvalue weighted by Gasteiger charge is 2.42. The van der Waals surface area contributed by atoms with E-state index in [0.29, 0.717) is 12.8 Å². The zero-order valence-electron chi connectivity index (χ0n) is 13.8. The Hall–Kier alpha value is -1.29. The van der Waals surface area contributed by atoms with Gasteiger partial charge in [-0.2, -0.15) is 13.5 Å². The van der Waals surface area contributed by atoms with Gasteiger partial charge in [0.2, 0.25) is 10.0 Å². The molecule has 1 N–H and O–H groups in total. The Kier molecular flexibility index (Phi) is 5.53. The molecule has 1 saturated carbocycles. The van der Waals surface area contributed by atoms with Gasteiger partial charge in [0.15, 0.2) is 0 Å². The molecule has 0 radical (unpaired) electrons. The minimum Gasteiger partial charge on any atom is -0.433 e. The van der Waals surface area contributed by atoms with Crippen LogP contribution in [0, 0.1) is 6.92 Å². The number of ether oxygens (including phenoxy) is 1. The molecule has 26 heavy (non-hydrogen) atoms. The standard InChI is InChI=1S/C16H17ClF2N2O3S2/c1-10-9-25-14(20-10)16(6-2-3-7-16)21-26(22,23)11-4-5-13(12(17)8-11)24-15(18)19/h4-5,8-9,15,21H,2-3,6-7H2,1H3. The molecule has 1 aliphatic rings. The molecule has 2 aromatic rings. The molecule has 3 rings (SSSR count). The predicted molar refractivity (Wildman–Crippen MR) is 95.4 cm³/mol. The fourth-order valence-electron chi connectivity index (χ4n) is 3.07. The molecule has 0 bridgehead atoms. The summed E-state index contributed by atoms with van der Waals surface area (Å²) >= 11 is 7.32. The average molecular weight is 423 g/mol. The van der Waals surface area contributed by atoms with Crippen LogP contribution in [0.25, 0.3) is 0 Å². The number of benzene rings is 1. The molecule has 142 valence electrons. The Labute approximate surface area is 159 Å². The molecule has 1 aromatic carbocycles. The first-order valence-electron chi connectivity index (χ1n) is 7.93. The van der Waals surface area contributed by atoms with Crippen molar-refractivity contribution < 1.29 is 21.9 Å². The predicted octanol–water partition coefficient (Wildman–Crippen LogP) is 4.45. The summed E-state index contributed by atoms with van der Waals surface area (Å²) in [6.07, 6.45) is 3.09. The highest BCUT2D eigenvalue weighted by molar-refractivity contribution is 7.89. The van der Waals surface area contributed by atoms with E-state index in [1.165, 1.54) is 17.4 Å². The van der Waals surface area contributed by atoms with E-state index in [1.807, 2.05) is 12.3 Å². The quantitative estimate of drug-likeness (QED) is 0.746. The van der Waals surface area contributed by atoms with Crippen LogP contribution in [-0.2, 0) is 15.6 Å². The summed E-state index contributed by atoms with van der Waals surface area (Å²) in [7, 11) is -3.92. The molecule has 1 aliphatic carbocycles. The first kappa shape index (κ1) is 19.5. The lowest BCUT2D eigenvalue weighted by Crippen LogP contribution is -2.43. The smallest absolute Gasteiger partial charge is 0.387 e. The van der Waals surface area contributed by atoms with Crippen molar-refractivity contribution in [3.05, 3.63) is 39.3 Å². The van der Waals surface area contributed by atoms with E-state index < -0.39 is 22.2 Å². The van der Waals surface area contributed by atoms with Crippen molar-refractivity contribution in [3.63, 3.8) is 0 Å². The molecule has 10 heteroatoms. The molecule has 0 unspecified atom stereocenters. The van der Waals surface area contributed by atoms with Crippen LogP contribution in [0.2, 0.25) is 5.02 Å². The summed E-state index contributed by atoms with van der Waals surface area (Å²) in [5.74, 6) is -0.272. The third-order valence-electron chi connectivity index (χ3n) is 4.24. The Balaban J connectivity index is 1.91. The van der Waals surface area contributed by atoms with Crippen LogP contribution in [0.3, 0.4) is 0 Å². The highest BCUT2D eigenvalue weighted by atomic mass is 35.5. The molecule has 0 amide bonds. The maximum atomic E-state index is 12.9. The third-order valence-corrected chi connectivity index (χ3v) is 7.24. The van der Waals surface area contributed by atoms with Crippen molar-refractivity contribution in [2.75, 3.05) is 0 Å². The van der Waals surface area contributed by atoms with Crippen LogP contribution >= 0.6 is 22.9 Å². The monoisotopic (exact) mass is 422 g/mol. The zero-order chi connectivity index (χ0) is 18.9. The molecule has 1 fully saturated rings. The van der Waals surface area contributed by atoms with Crippen LogP contribution < -0.4 is 9.46 Å². The van der Waals surface area contributed by atoms with Crippen molar-refractivity contribution in [3.8, 4) is 5.75 Å². The number of sulfonamides is 1. The van der Waals surface area contributed by atoms with Crippen molar-refractivity contribution in [2.24, 2.45) is 0 Å². The summed E-state index contributed by atoms with van der Waals surface area (Å²) in [6.45, 7) is -1.18. The number of hydrogen-bond acceptors (Lipinski definition) is 5. The number of aryl methyl sites for hydroxylation is 1. The van der Waals surface area contributed by atoms with Crippen LogP contribution in [0.5, 0.6) is 5.75 Å². The van der Waals surface area contributed by atoms with Crippen LogP contribution in [0.15, 0.2) is 28.5 Å². The van der Waals surface area contributed by atoms with E-state index in [9.17, 15) is 17.2 Å². The second kappa shape index (κ2) is 7.38. The van der Waals surface area contributed by atoms with Gasteiger partial charge >= 0.3 is 6.61 Å². The maximum Gasteiger partial charge on any atom is 0.387 e. The van der Waals surface area contributed by atoms with Gasteiger partial charge in [-0.1, -0.05) is 24.4 Å². The van der Waals surface area contributed by atoms with E-state index in [-0.39, 0.29) is 15.7 Å². The fourth-order valence-corrected chi connectivity index (χ4v) is 5.89. The van der Waals surface area contributed by atoms with Crippen LogP contribution in [-0.4, -0.2) is 20.0 Å². The van der Waals surface area contributed by atoms with Crippen molar-refractivity contribution in [2.45, 2.75) is 49.7 Å². The number of hydrogen-bond donors (Lipinski definition) is 1. The largest absolute Gasteiger partial charge is 0.433 e. The van der Waals surface area contributed by atoms with Crippen LogP contribution in [0.4, 0.5) is 8.78 Å². The Bertz CT molecular complexity index is 897. The topological polar surface area (TPSA) is 68.3 Å². The van der Waals surface area contributed by atoms with Crippen molar-refractivity contribution in [1.29, 1.82) is 0 Å². The summed E-state index contributed by atoms with van der Waals surface area (Å²) in [5, 5.41) is 2.43.